The number of methoxy groups -OCH3 is 2. The molecule has 0 radical (unpaired) electrons. The molecule has 7 nitrogen and oxygen atoms in total. The molecule has 0 atom stereocenters. The smallest absolute Gasteiger partial charge is 0.271 e. The molecule has 0 saturated carbocycles. The summed E-state index contributed by atoms with van der Waals surface area (Å²) in [6.45, 7) is 0. The molecular weight excluding hydrogens is 316 g/mol. The van der Waals surface area contributed by atoms with Gasteiger partial charge in [-0.15, -0.1) is 0 Å². The number of halogens is 1. The molecule has 0 aliphatic heterocycles. The Morgan fingerprint density at radius 3 is 2.63 bits per heavy atom. The van der Waals surface area contributed by atoms with Crippen molar-refractivity contribution in [1.29, 1.82) is 0 Å². The van der Waals surface area contributed by atoms with Crippen molar-refractivity contribution in [3.05, 3.63) is 22.3 Å². The number of hydrogen-bond donors (Lipinski definition) is 2. The molecule has 3 N–H and O–H groups in total. The number of ether oxygens (including phenoxy) is 2. The fourth-order valence-electron chi connectivity index (χ4n) is 1.70. The van der Waals surface area contributed by atoms with Gasteiger partial charge in [0.1, 0.15) is 5.69 Å². The third kappa shape index (κ3) is 2.26. The first kappa shape index (κ1) is 13.3. The number of hydrogen-bond acceptors (Lipinski definition) is 5. The minimum atomic E-state index is -0.680. The number of primary amides is 1. The fraction of sp³-hybridized carbons (Fsp3) is 0.182. The maximum atomic E-state index is 11.3. The molecule has 0 spiro atoms. The minimum Gasteiger partial charge on any atom is -0.493 e. The molecule has 2 aromatic rings. The molecule has 0 aliphatic rings. The number of nitrogens with one attached hydrogen (secondary N) is 1. The Labute approximate surface area is 117 Å². The molecule has 0 unspecified atom stereocenters. The van der Waals surface area contributed by atoms with Gasteiger partial charge in [0.15, 0.2) is 17.2 Å². The zero-order valence-electron chi connectivity index (χ0n) is 10.2. The summed E-state index contributed by atoms with van der Waals surface area (Å²) in [5, 5.41) is 10.1. The van der Waals surface area contributed by atoms with Crippen molar-refractivity contribution < 1.29 is 14.3 Å². The highest BCUT2D eigenvalue weighted by atomic mass is 79.9. The Hall–Kier alpha value is -2.09. The lowest BCUT2D eigenvalue weighted by Gasteiger charge is -2.13. The summed E-state index contributed by atoms with van der Waals surface area (Å²) in [4.78, 5) is 11.3. The summed E-state index contributed by atoms with van der Waals surface area (Å²) in [5.74, 6) is 0.271. The van der Waals surface area contributed by atoms with Crippen LogP contribution < -0.4 is 15.2 Å². The van der Waals surface area contributed by atoms with E-state index in [9.17, 15) is 4.79 Å². The van der Waals surface area contributed by atoms with Crippen molar-refractivity contribution in [1.82, 2.24) is 15.4 Å². The van der Waals surface area contributed by atoms with Crippen molar-refractivity contribution in [2.75, 3.05) is 14.2 Å². The molecule has 1 aromatic heterocycles. The summed E-state index contributed by atoms with van der Waals surface area (Å²) >= 11 is 3.39. The fourth-order valence-corrected chi connectivity index (χ4v) is 2.20. The zero-order valence-corrected chi connectivity index (χ0v) is 11.8. The normalized spacial score (nSPS) is 10.3. The summed E-state index contributed by atoms with van der Waals surface area (Å²) in [6, 6.07) is 3.49. The number of amides is 1. The SMILES string of the molecule is COc1ccc(Br)c(-c2n[nH]nc2C(N)=O)c1OC. The van der Waals surface area contributed by atoms with Crippen LogP contribution in [0.3, 0.4) is 0 Å². The maximum absolute atomic E-state index is 11.3. The van der Waals surface area contributed by atoms with Gasteiger partial charge in [-0.2, -0.15) is 15.4 Å². The summed E-state index contributed by atoms with van der Waals surface area (Å²) in [5.41, 5.74) is 6.14. The third-order valence-electron chi connectivity index (χ3n) is 2.51. The number of aromatic amines is 1. The van der Waals surface area contributed by atoms with E-state index in [0.29, 0.717) is 27.2 Å². The van der Waals surface area contributed by atoms with E-state index in [-0.39, 0.29) is 5.69 Å². The molecular formula is C11H11BrN4O3. The van der Waals surface area contributed by atoms with Gasteiger partial charge in [0.2, 0.25) is 0 Å². The molecule has 100 valence electrons. The molecule has 0 bridgehead atoms. The Morgan fingerprint density at radius 1 is 1.32 bits per heavy atom. The number of benzene rings is 1. The van der Waals surface area contributed by atoms with E-state index < -0.39 is 5.91 Å². The zero-order chi connectivity index (χ0) is 14.0. The van der Waals surface area contributed by atoms with E-state index in [1.807, 2.05) is 0 Å². The molecule has 0 fully saturated rings. The van der Waals surface area contributed by atoms with Gasteiger partial charge >= 0.3 is 0 Å². The van der Waals surface area contributed by atoms with E-state index in [4.69, 9.17) is 15.2 Å². The summed E-state index contributed by atoms with van der Waals surface area (Å²) < 4.78 is 11.2. The van der Waals surface area contributed by atoms with Crippen molar-refractivity contribution in [2.45, 2.75) is 0 Å². The number of rotatable bonds is 4. The number of H-pyrrole nitrogens is 1. The van der Waals surface area contributed by atoms with Crippen LogP contribution in [0.25, 0.3) is 11.3 Å². The van der Waals surface area contributed by atoms with Crippen LogP contribution in [0.15, 0.2) is 16.6 Å². The predicted molar refractivity (Wildman–Crippen MR) is 71.1 cm³/mol. The Bertz CT molecular complexity index is 626. The highest BCUT2D eigenvalue weighted by molar-refractivity contribution is 9.10. The van der Waals surface area contributed by atoms with Crippen LogP contribution in [-0.4, -0.2) is 35.5 Å². The van der Waals surface area contributed by atoms with Crippen molar-refractivity contribution in [2.24, 2.45) is 5.73 Å². The van der Waals surface area contributed by atoms with Crippen LogP contribution in [0.1, 0.15) is 10.5 Å². The van der Waals surface area contributed by atoms with Crippen LogP contribution in [0.5, 0.6) is 11.5 Å². The molecule has 0 saturated heterocycles. The van der Waals surface area contributed by atoms with Crippen LogP contribution in [-0.2, 0) is 0 Å². The Morgan fingerprint density at radius 2 is 2.05 bits per heavy atom. The van der Waals surface area contributed by atoms with Gasteiger partial charge in [-0.25, -0.2) is 0 Å². The second-order valence-electron chi connectivity index (χ2n) is 3.54. The maximum Gasteiger partial charge on any atom is 0.271 e. The number of aromatic nitrogens is 3. The first-order chi connectivity index (χ1) is 9.10. The third-order valence-corrected chi connectivity index (χ3v) is 3.17. The van der Waals surface area contributed by atoms with E-state index in [2.05, 4.69) is 31.3 Å². The number of nitrogens with zero attached hydrogens (tertiary/aromatic N) is 2. The van der Waals surface area contributed by atoms with Gasteiger partial charge in [0.05, 0.1) is 19.8 Å². The topological polar surface area (TPSA) is 103 Å². The standard InChI is InChI=1S/C11H11BrN4O3/c1-18-6-4-3-5(12)7(10(6)19-2)8-9(11(13)17)15-16-14-8/h3-4H,1-2H3,(H2,13,17)(H,14,15,16). The van der Waals surface area contributed by atoms with Gasteiger partial charge in [-0.05, 0) is 28.1 Å². The van der Waals surface area contributed by atoms with E-state index in [1.165, 1.54) is 14.2 Å². The second kappa shape index (κ2) is 5.27. The summed E-state index contributed by atoms with van der Waals surface area (Å²) in [6.07, 6.45) is 0. The first-order valence-corrected chi connectivity index (χ1v) is 6.00. The van der Waals surface area contributed by atoms with Crippen LogP contribution in [0.2, 0.25) is 0 Å². The molecule has 1 amide bonds. The molecule has 0 aliphatic carbocycles. The molecule has 8 heteroatoms. The lowest BCUT2D eigenvalue weighted by atomic mass is 10.1. The monoisotopic (exact) mass is 326 g/mol. The van der Waals surface area contributed by atoms with Crippen molar-refractivity contribution >= 4 is 21.8 Å². The number of nitrogens with two attached hydrogens (primary N) is 1. The lowest BCUT2D eigenvalue weighted by molar-refractivity contribution is 0.0996. The molecule has 2 rings (SSSR count). The van der Waals surface area contributed by atoms with Gasteiger partial charge in [-0.3, -0.25) is 4.79 Å². The number of carbonyl (C=O) groups is 1. The summed E-state index contributed by atoms with van der Waals surface area (Å²) in [7, 11) is 3.02. The largest absolute Gasteiger partial charge is 0.493 e. The van der Waals surface area contributed by atoms with E-state index >= 15 is 0 Å². The molecule has 19 heavy (non-hydrogen) atoms. The minimum absolute atomic E-state index is 0.0345. The predicted octanol–water partition coefficient (Wildman–Crippen LogP) is 1.35. The lowest BCUT2D eigenvalue weighted by Crippen LogP contribution is -2.13. The first-order valence-electron chi connectivity index (χ1n) is 5.21. The second-order valence-corrected chi connectivity index (χ2v) is 4.40. The van der Waals surface area contributed by atoms with Gasteiger partial charge in [0, 0.05) is 4.47 Å². The highest BCUT2D eigenvalue weighted by Crippen LogP contribution is 2.42. The average molecular weight is 327 g/mol. The van der Waals surface area contributed by atoms with Crippen LogP contribution in [0.4, 0.5) is 0 Å². The van der Waals surface area contributed by atoms with Crippen LogP contribution >= 0.6 is 15.9 Å². The van der Waals surface area contributed by atoms with Gasteiger partial charge in [0.25, 0.3) is 5.91 Å². The van der Waals surface area contributed by atoms with Crippen LogP contribution in [0, 0.1) is 0 Å². The van der Waals surface area contributed by atoms with E-state index in [0.717, 1.165) is 0 Å². The Kier molecular flexibility index (Phi) is 3.70. The van der Waals surface area contributed by atoms with Gasteiger partial charge < -0.3 is 15.2 Å². The molecule has 1 aromatic carbocycles. The molecule has 1 heterocycles. The van der Waals surface area contributed by atoms with Crippen molar-refractivity contribution in [3.8, 4) is 22.8 Å². The highest BCUT2D eigenvalue weighted by Gasteiger charge is 2.23. The van der Waals surface area contributed by atoms with Crippen molar-refractivity contribution in [3.63, 3.8) is 0 Å². The number of carbonyl (C=O) groups excluding carboxylic acids is 1. The Balaban J connectivity index is 2.73. The average Bonchev–Trinajstić information content (AvgIpc) is 2.87. The van der Waals surface area contributed by atoms with E-state index in [1.54, 1.807) is 12.1 Å². The quantitative estimate of drug-likeness (QED) is 0.882. The van der Waals surface area contributed by atoms with Gasteiger partial charge in [-0.1, -0.05) is 0 Å².